The van der Waals surface area contributed by atoms with Crippen LogP contribution in [0.4, 0.5) is 5.69 Å². The number of hydrogen-bond donors (Lipinski definition) is 1. The van der Waals surface area contributed by atoms with Crippen LogP contribution in [-0.4, -0.2) is 23.2 Å². The first-order valence-corrected chi connectivity index (χ1v) is 9.03. The molecule has 0 atom stereocenters. The number of halogens is 1. The van der Waals surface area contributed by atoms with Crippen molar-refractivity contribution < 1.29 is 8.42 Å². The van der Waals surface area contributed by atoms with Crippen LogP contribution in [0, 0.1) is 6.92 Å². The Labute approximate surface area is 134 Å². The number of nitrogens with one attached hydrogen (secondary N) is 1. The molecule has 0 bridgehead atoms. The minimum Gasteiger partial charge on any atom is -0.277 e. The number of pyridine rings is 1. The monoisotopic (exact) mass is 386 g/mol. The van der Waals surface area contributed by atoms with Crippen LogP contribution >= 0.6 is 27.3 Å². The molecule has 0 unspecified atom stereocenters. The maximum Gasteiger partial charge on any atom is 0.271 e. The standard InChI is InChI=1S/C12H11BrN4O2S2/c1-7-9-5-8(6-14-12(9)17(2)15-7)16-21(18,19)11-4-3-10(13)20-11/h3-6,16H,1-2H3. The summed E-state index contributed by atoms with van der Waals surface area (Å²) in [6.45, 7) is 1.86. The Balaban J connectivity index is 2.00. The van der Waals surface area contributed by atoms with E-state index in [1.165, 1.54) is 6.20 Å². The van der Waals surface area contributed by atoms with Crippen LogP contribution < -0.4 is 4.72 Å². The Hall–Kier alpha value is -1.45. The lowest BCUT2D eigenvalue weighted by Crippen LogP contribution is -2.11. The van der Waals surface area contributed by atoms with Crippen LogP contribution in [-0.2, 0) is 17.1 Å². The Morgan fingerprint density at radius 1 is 1.38 bits per heavy atom. The molecule has 3 rings (SSSR count). The number of rotatable bonds is 3. The fraction of sp³-hybridized carbons (Fsp3) is 0.167. The van der Waals surface area contributed by atoms with Gasteiger partial charge in [0, 0.05) is 12.4 Å². The van der Waals surface area contributed by atoms with E-state index in [0.717, 1.165) is 26.2 Å². The zero-order chi connectivity index (χ0) is 15.2. The number of fused-ring (bicyclic) bond motifs is 1. The number of thiophene rings is 1. The molecule has 0 saturated carbocycles. The summed E-state index contributed by atoms with van der Waals surface area (Å²) < 4.78 is 29.8. The minimum atomic E-state index is -3.60. The van der Waals surface area contributed by atoms with E-state index in [-0.39, 0.29) is 4.21 Å². The summed E-state index contributed by atoms with van der Waals surface area (Å²) in [5.41, 5.74) is 1.94. The van der Waals surface area contributed by atoms with E-state index in [4.69, 9.17) is 0 Å². The normalized spacial score (nSPS) is 12.0. The highest BCUT2D eigenvalue weighted by Gasteiger charge is 2.17. The number of aryl methyl sites for hydroxylation is 2. The smallest absolute Gasteiger partial charge is 0.271 e. The molecule has 0 spiro atoms. The van der Waals surface area contributed by atoms with Crippen LogP contribution in [0.15, 0.2) is 32.4 Å². The zero-order valence-corrected chi connectivity index (χ0v) is 14.4. The molecular formula is C12H11BrN4O2S2. The molecule has 110 valence electrons. The molecule has 0 aromatic carbocycles. The molecule has 3 aromatic heterocycles. The van der Waals surface area contributed by atoms with Gasteiger partial charge >= 0.3 is 0 Å². The average molecular weight is 387 g/mol. The lowest BCUT2D eigenvalue weighted by molar-refractivity contribution is 0.603. The SMILES string of the molecule is Cc1nn(C)c2ncc(NS(=O)(=O)c3ccc(Br)s3)cc12. The predicted molar refractivity (Wildman–Crippen MR) is 86.1 cm³/mol. The summed E-state index contributed by atoms with van der Waals surface area (Å²) in [5, 5.41) is 5.09. The minimum absolute atomic E-state index is 0.248. The van der Waals surface area contributed by atoms with E-state index in [0.29, 0.717) is 11.3 Å². The van der Waals surface area contributed by atoms with E-state index in [2.05, 4.69) is 30.7 Å². The van der Waals surface area contributed by atoms with Gasteiger partial charge in [0.2, 0.25) is 0 Å². The molecule has 6 nitrogen and oxygen atoms in total. The van der Waals surface area contributed by atoms with Gasteiger partial charge in [0.25, 0.3) is 10.0 Å². The molecule has 21 heavy (non-hydrogen) atoms. The van der Waals surface area contributed by atoms with Crippen LogP contribution in [0.5, 0.6) is 0 Å². The molecule has 3 aromatic rings. The molecule has 0 radical (unpaired) electrons. The van der Waals surface area contributed by atoms with Crippen molar-refractivity contribution in [2.45, 2.75) is 11.1 Å². The molecule has 1 N–H and O–H groups in total. The summed E-state index contributed by atoms with van der Waals surface area (Å²) in [6.07, 6.45) is 1.49. The second kappa shape index (κ2) is 5.08. The number of hydrogen-bond acceptors (Lipinski definition) is 5. The van der Waals surface area contributed by atoms with Crippen molar-refractivity contribution >= 4 is 54.0 Å². The summed E-state index contributed by atoms with van der Waals surface area (Å²) in [7, 11) is -1.79. The van der Waals surface area contributed by atoms with Crippen LogP contribution in [0.25, 0.3) is 11.0 Å². The number of nitrogens with zero attached hydrogens (tertiary/aromatic N) is 3. The number of aromatic nitrogens is 3. The largest absolute Gasteiger partial charge is 0.277 e. The summed E-state index contributed by atoms with van der Waals surface area (Å²) in [6, 6.07) is 5.00. The maximum atomic E-state index is 12.3. The first-order chi connectivity index (χ1) is 9.87. The first-order valence-electron chi connectivity index (χ1n) is 5.94. The molecule has 3 heterocycles. The van der Waals surface area contributed by atoms with Gasteiger partial charge in [-0.25, -0.2) is 13.4 Å². The van der Waals surface area contributed by atoms with Crippen molar-refractivity contribution in [2.24, 2.45) is 7.05 Å². The third-order valence-electron chi connectivity index (χ3n) is 2.93. The molecule has 0 saturated heterocycles. The maximum absolute atomic E-state index is 12.3. The van der Waals surface area contributed by atoms with Gasteiger partial charge in [-0.1, -0.05) is 0 Å². The second-order valence-corrected chi connectivity index (χ2v) is 8.84. The van der Waals surface area contributed by atoms with E-state index in [9.17, 15) is 8.42 Å². The number of sulfonamides is 1. The summed E-state index contributed by atoms with van der Waals surface area (Å²) in [5.74, 6) is 0. The molecule has 0 aliphatic rings. The second-order valence-electron chi connectivity index (χ2n) is 4.47. The van der Waals surface area contributed by atoms with E-state index >= 15 is 0 Å². The van der Waals surface area contributed by atoms with Gasteiger partial charge in [-0.05, 0) is 41.1 Å². The Morgan fingerprint density at radius 3 is 2.81 bits per heavy atom. The van der Waals surface area contributed by atoms with E-state index < -0.39 is 10.0 Å². The van der Waals surface area contributed by atoms with E-state index in [1.54, 1.807) is 29.9 Å². The highest BCUT2D eigenvalue weighted by molar-refractivity contribution is 9.11. The highest BCUT2D eigenvalue weighted by Crippen LogP contribution is 2.28. The third-order valence-corrected chi connectivity index (χ3v) is 6.43. The Morgan fingerprint density at radius 2 is 2.14 bits per heavy atom. The topological polar surface area (TPSA) is 76.9 Å². The van der Waals surface area contributed by atoms with Crippen molar-refractivity contribution in [1.82, 2.24) is 14.8 Å². The predicted octanol–water partition coefficient (Wildman–Crippen LogP) is 2.90. The van der Waals surface area contributed by atoms with Gasteiger partial charge in [-0.2, -0.15) is 5.10 Å². The van der Waals surface area contributed by atoms with Crippen LogP contribution in [0.3, 0.4) is 0 Å². The summed E-state index contributed by atoms with van der Waals surface area (Å²) in [4.78, 5) is 4.25. The van der Waals surface area contributed by atoms with Gasteiger partial charge in [0.05, 0.1) is 21.4 Å². The van der Waals surface area contributed by atoms with Crippen LogP contribution in [0.1, 0.15) is 5.69 Å². The van der Waals surface area contributed by atoms with Crippen molar-refractivity contribution in [2.75, 3.05) is 4.72 Å². The average Bonchev–Trinajstić information content (AvgIpc) is 2.95. The zero-order valence-electron chi connectivity index (χ0n) is 11.2. The van der Waals surface area contributed by atoms with Crippen molar-refractivity contribution in [3.05, 3.63) is 33.9 Å². The molecular weight excluding hydrogens is 376 g/mol. The van der Waals surface area contributed by atoms with Crippen LogP contribution in [0.2, 0.25) is 0 Å². The van der Waals surface area contributed by atoms with Gasteiger partial charge in [0.15, 0.2) is 5.65 Å². The molecule has 9 heteroatoms. The Bertz CT molecular complexity index is 930. The van der Waals surface area contributed by atoms with Gasteiger partial charge in [-0.3, -0.25) is 9.40 Å². The van der Waals surface area contributed by atoms with Gasteiger partial charge in [-0.15, -0.1) is 11.3 Å². The fourth-order valence-corrected chi connectivity index (χ4v) is 5.06. The van der Waals surface area contributed by atoms with Gasteiger partial charge in [0.1, 0.15) is 4.21 Å². The number of anilines is 1. The lowest BCUT2D eigenvalue weighted by atomic mass is 10.3. The molecule has 0 fully saturated rings. The first kappa shape index (κ1) is 14.5. The summed E-state index contributed by atoms with van der Waals surface area (Å²) >= 11 is 4.41. The van der Waals surface area contributed by atoms with Crippen molar-refractivity contribution in [1.29, 1.82) is 0 Å². The lowest BCUT2D eigenvalue weighted by Gasteiger charge is -2.06. The van der Waals surface area contributed by atoms with Crippen molar-refractivity contribution in [3.63, 3.8) is 0 Å². The quantitative estimate of drug-likeness (QED) is 0.750. The van der Waals surface area contributed by atoms with Gasteiger partial charge < -0.3 is 0 Å². The third kappa shape index (κ3) is 2.68. The molecule has 0 aliphatic carbocycles. The fourth-order valence-electron chi connectivity index (χ4n) is 2.01. The highest BCUT2D eigenvalue weighted by atomic mass is 79.9. The molecule has 0 amide bonds. The van der Waals surface area contributed by atoms with E-state index in [1.807, 2.05) is 6.92 Å². The Kier molecular flexibility index (Phi) is 3.50. The van der Waals surface area contributed by atoms with Crippen molar-refractivity contribution in [3.8, 4) is 0 Å². The molecule has 0 aliphatic heterocycles.